The summed E-state index contributed by atoms with van der Waals surface area (Å²) in [4.78, 5) is 27.8. The van der Waals surface area contributed by atoms with E-state index in [0.717, 1.165) is 37.6 Å². The second-order valence-electron chi connectivity index (χ2n) is 6.59. The minimum Gasteiger partial charge on any atom is -0.494 e. The van der Waals surface area contributed by atoms with Gasteiger partial charge in [-0.25, -0.2) is 4.90 Å². The van der Waals surface area contributed by atoms with Gasteiger partial charge in [0.15, 0.2) is 6.04 Å². The number of carbonyl (C=O) groups is 2. The predicted octanol–water partition coefficient (Wildman–Crippen LogP) is 1.03. The molecule has 2 fully saturated rings. The van der Waals surface area contributed by atoms with Crippen molar-refractivity contribution in [2.75, 3.05) is 24.6 Å². The number of rotatable bonds is 4. The first-order valence-electron chi connectivity index (χ1n) is 8.54. The number of quaternary nitrogens is 1. The van der Waals surface area contributed by atoms with E-state index in [0.29, 0.717) is 18.7 Å². The fourth-order valence-electron chi connectivity index (χ4n) is 3.56. The van der Waals surface area contributed by atoms with Crippen molar-refractivity contribution >= 4 is 17.5 Å². The third kappa shape index (κ3) is 3.24. The molecular formula is C18H25N2O3+. The number of piperidine rings is 1. The van der Waals surface area contributed by atoms with E-state index in [2.05, 4.69) is 6.92 Å². The molecule has 2 aliphatic heterocycles. The highest BCUT2D eigenvalue weighted by molar-refractivity contribution is 6.21. The van der Waals surface area contributed by atoms with Crippen molar-refractivity contribution in [3.05, 3.63) is 24.3 Å². The number of imide groups is 1. The van der Waals surface area contributed by atoms with Crippen LogP contribution in [0.2, 0.25) is 0 Å². The molecule has 0 unspecified atom stereocenters. The monoisotopic (exact) mass is 317 g/mol. The van der Waals surface area contributed by atoms with E-state index in [1.54, 1.807) is 12.1 Å². The summed E-state index contributed by atoms with van der Waals surface area (Å²) in [5, 5.41) is 0. The van der Waals surface area contributed by atoms with Crippen LogP contribution in [0.25, 0.3) is 0 Å². The maximum absolute atomic E-state index is 12.8. The fourth-order valence-corrected chi connectivity index (χ4v) is 3.56. The average Bonchev–Trinajstić information content (AvgIpc) is 2.84. The number of nitrogens with zero attached hydrogens (tertiary/aromatic N) is 1. The van der Waals surface area contributed by atoms with E-state index in [4.69, 9.17) is 4.74 Å². The highest BCUT2D eigenvalue weighted by Crippen LogP contribution is 2.25. The molecule has 5 heteroatoms. The maximum atomic E-state index is 12.8. The Morgan fingerprint density at radius 2 is 1.83 bits per heavy atom. The van der Waals surface area contributed by atoms with E-state index in [1.807, 2.05) is 19.1 Å². The lowest BCUT2D eigenvalue weighted by Crippen LogP contribution is -3.17. The van der Waals surface area contributed by atoms with Gasteiger partial charge in [-0.2, -0.15) is 0 Å². The number of ether oxygens (including phenoxy) is 1. The summed E-state index contributed by atoms with van der Waals surface area (Å²) in [6.07, 6.45) is 2.60. The number of likely N-dealkylation sites (tertiary alicyclic amines) is 1. The molecular weight excluding hydrogens is 292 g/mol. The van der Waals surface area contributed by atoms with Crippen LogP contribution >= 0.6 is 0 Å². The van der Waals surface area contributed by atoms with E-state index in [1.165, 1.54) is 9.80 Å². The molecule has 2 heterocycles. The predicted molar refractivity (Wildman–Crippen MR) is 87.6 cm³/mol. The molecule has 23 heavy (non-hydrogen) atoms. The standard InChI is InChI=1S/C18H24N2O3/c1-3-23-15-6-4-14(5-7-15)20-17(21)12-16(18(20)22)19-10-8-13(2)9-11-19/h4-7,13,16H,3,8-12H2,1-2H3/p+1/t16-/m1/s1. The Morgan fingerprint density at radius 1 is 1.17 bits per heavy atom. The highest BCUT2D eigenvalue weighted by atomic mass is 16.5. The molecule has 1 aromatic rings. The molecule has 1 aromatic carbocycles. The summed E-state index contributed by atoms with van der Waals surface area (Å²) < 4.78 is 5.41. The van der Waals surface area contributed by atoms with Crippen LogP contribution in [-0.4, -0.2) is 37.6 Å². The molecule has 0 saturated carbocycles. The molecule has 0 aliphatic carbocycles. The fraction of sp³-hybridized carbons (Fsp3) is 0.556. The summed E-state index contributed by atoms with van der Waals surface area (Å²) in [7, 11) is 0. The van der Waals surface area contributed by atoms with E-state index in [9.17, 15) is 9.59 Å². The van der Waals surface area contributed by atoms with Crippen LogP contribution in [0, 0.1) is 5.92 Å². The number of hydrogen-bond acceptors (Lipinski definition) is 3. The molecule has 0 spiro atoms. The van der Waals surface area contributed by atoms with Gasteiger partial charge in [0.25, 0.3) is 5.91 Å². The highest BCUT2D eigenvalue weighted by Gasteiger charge is 2.46. The maximum Gasteiger partial charge on any atom is 0.292 e. The number of amides is 2. The third-order valence-corrected chi connectivity index (χ3v) is 4.96. The van der Waals surface area contributed by atoms with Crippen molar-refractivity contribution in [1.29, 1.82) is 0 Å². The topological polar surface area (TPSA) is 51.0 Å². The number of hydrogen-bond donors (Lipinski definition) is 1. The number of nitrogens with one attached hydrogen (secondary N) is 1. The first kappa shape index (κ1) is 16.0. The SMILES string of the molecule is CCOc1ccc(N2C(=O)C[C@@H]([NH+]3CCC(C)CC3)C2=O)cc1. The largest absolute Gasteiger partial charge is 0.494 e. The quantitative estimate of drug-likeness (QED) is 0.844. The van der Waals surface area contributed by atoms with Gasteiger partial charge in [-0.1, -0.05) is 6.92 Å². The summed E-state index contributed by atoms with van der Waals surface area (Å²) in [5.74, 6) is 1.34. The lowest BCUT2D eigenvalue weighted by Gasteiger charge is -2.30. The van der Waals surface area contributed by atoms with Crippen molar-refractivity contribution in [2.45, 2.75) is 39.2 Å². The lowest BCUT2D eigenvalue weighted by molar-refractivity contribution is -0.920. The van der Waals surface area contributed by atoms with Gasteiger partial charge in [0.05, 0.1) is 31.8 Å². The summed E-state index contributed by atoms with van der Waals surface area (Å²) in [6, 6.07) is 6.99. The minimum atomic E-state index is -0.207. The van der Waals surface area contributed by atoms with E-state index >= 15 is 0 Å². The van der Waals surface area contributed by atoms with Crippen LogP contribution in [0.5, 0.6) is 5.75 Å². The van der Waals surface area contributed by atoms with Gasteiger partial charge in [-0.3, -0.25) is 9.59 Å². The molecule has 0 aromatic heterocycles. The van der Waals surface area contributed by atoms with Crippen LogP contribution in [-0.2, 0) is 9.59 Å². The van der Waals surface area contributed by atoms with Crippen LogP contribution in [0.3, 0.4) is 0 Å². The zero-order chi connectivity index (χ0) is 16.4. The van der Waals surface area contributed by atoms with Crippen molar-refractivity contribution in [3.63, 3.8) is 0 Å². The first-order valence-corrected chi connectivity index (χ1v) is 8.54. The number of anilines is 1. The Hall–Kier alpha value is -1.88. The average molecular weight is 317 g/mol. The summed E-state index contributed by atoms with van der Waals surface area (Å²) in [6.45, 7) is 6.75. The molecule has 0 radical (unpaired) electrons. The first-order chi connectivity index (χ1) is 11.1. The van der Waals surface area contributed by atoms with Crippen molar-refractivity contribution < 1.29 is 19.2 Å². The van der Waals surface area contributed by atoms with Gasteiger partial charge in [0.2, 0.25) is 5.91 Å². The van der Waals surface area contributed by atoms with Gasteiger partial charge in [-0.15, -0.1) is 0 Å². The zero-order valence-corrected chi connectivity index (χ0v) is 13.9. The molecule has 1 atom stereocenters. The van der Waals surface area contributed by atoms with Crippen LogP contribution in [0.4, 0.5) is 5.69 Å². The molecule has 2 amide bonds. The van der Waals surface area contributed by atoms with Crippen LogP contribution < -0.4 is 14.5 Å². The normalized spacial score (nSPS) is 28.3. The Balaban J connectivity index is 1.73. The Labute approximate surface area is 137 Å². The van der Waals surface area contributed by atoms with Gasteiger partial charge >= 0.3 is 0 Å². The summed E-state index contributed by atoms with van der Waals surface area (Å²) in [5.41, 5.74) is 0.649. The lowest BCUT2D eigenvalue weighted by atomic mass is 9.97. The smallest absolute Gasteiger partial charge is 0.292 e. The van der Waals surface area contributed by atoms with Gasteiger partial charge < -0.3 is 9.64 Å². The third-order valence-electron chi connectivity index (χ3n) is 4.96. The second-order valence-corrected chi connectivity index (χ2v) is 6.59. The molecule has 5 nitrogen and oxygen atoms in total. The Morgan fingerprint density at radius 3 is 2.43 bits per heavy atom. The molecule has 1 N–H and O–H groups in total. The molecule has 3 rings (SSSR count). The molecule has 2 saturated heterocycles. The van der Waals surface area contributed by atoms with Gasteiger partial charge in [-0.05, 0) is 49.9 Å². The zero-order valence-electron chi connectivity index (χ0n) is 13.9. The van der Waals surface area contributed by atoms with Crippen LogP contribution in [0.1, 0.15) is 33.1 Å². The number of benzene rings is 1. The van der Waals surface area contributed by atoms with Gasteiger partial charge in [0, 0.05) is 0 Å². The van der Waals surface area contributed by atoms with Crippen molar-refractivity contribution in [1.82, 2.24) is 0 Å². The Bertz CT molecular complexity index is 576. The number of carbonyl (C=O) groups excluding carboxylic acids is 2. The summed E-state index contributed by atoms with van der Waals surface area (Å²) >= 11 is 0. The van der Waals surface area contributed by atoms with Crippen molar-refractivity contribution in [2.24, 2.45) is 5.92 Å². The minimum absolute atomic E-state index is 0.0521. The Kier molecular flexibility index (Phi) is 4.66. The van der Waals surface area contributed by atoms with Crippen molar-refractivity contribution in [3.8, 4) is 5.75 Å². The molecule has 0 bridgehead atoms. The van der Waals surface area contributed by atoms with Crippen LogP contribution in [0.15, 0.2) is 24.3 Å². The second kappa shape index (κ2) is 6.71. The van der Waals surface area contributed by atoms with Gasteiger partial charge in [0.1, 0.15) is 5.75 Å². The molecule has 2 aliphatic rings. The van der Waals surface area contributed by atoms with E-state index < -0.39 is 0 Å². The molecule has 124 valence electrons. The van der Waals surface area contributed by atoms with E-state index in [-0.39, 0.29) is 17.9 Å².